The predicted molar refractivity (Wildman–Crippen MR) is 111 cm³/mol. The van der Waals surface area contributed by atoms with Gasteiger partial charge in [-0.3, -0.25) is 4.79 Å². The lowest BCUT2D eigenvalue weighted by atomic mass is 9.96. The van der Waals surface area contributed by atoms with Gasteiger partial charge in [0.15, 0.2) is 0 Å². The topological polar surface area (TPSA) is 71.3 Å². The number of hydrogen-bond donors (Lipinski definition) is 1. The van der Waals surface area contributed by atoms with Gasteiger partial charge < -0.3 is 14.6 Å². The number of rotatable bonds is 3. The molecule has 1 amide bonds. The Balaban J connectivity index is 1.57. The van der Waals surface area contributed by atoms with Gasteiger partial charge in [-0.2, -0.15) is 0 Å². The van der Waals surface area contributed by atoms with Crippen molar-refractivity contribution in [3.63, 3.8) is 0 Å². The minimum atomic E-state index is -0.0769. The zero-order valence-electron chi connectivity index (χ0n) is 16.9. The highest BCUT2D eigenvalue weighted by atomic mass is 16.3. The molecule has 6 nitrogen and oxygen atoms in total. The number of carbonyl (C=O) groups is 1. The first-order valence-corrected chi connectivity index (χ1v) is 9.78. The Morgan fingerprint density at radius 3 is 2.86 bits per heavy atom. The van der Waals surface area contributed by atoms with Gasteiger partial charge in [-0.1, -0.05) is 12.1 Å². The van der Waals surface area contributed by atoms with Gasteiger partial charge in [0.1, 0.15) is 17.9 Å². The fourth-order valence-corrected chi connectivity index (χ4v) is 3.89. The van der Waals surface area contributed by atoms with Crippen LogP contribution in [0.25, 0.3) is 11.1 Å². The van der Waals surface area contributed by atoms with Crippen LogP contribution in [0.5, 0.6) is 0 Å². The second-order valence-corrected chi connectivity index (χ2v) is 7.75. The summed E-state index contributed by atoms with van der Waals surface area (Å²) in [6, 6.07) is 6.13. The molecule has 146 valence electrons. The fraction of sp³-hybridized carbons (Fsp3) is 0.409. The Morgan fingerprint density at radius 2 is 2.04 bits per heavy atom. The SMILES string of the molecule is Cc1ccc(C)c(NC(=O)C2CCCN(c3ncnc4oc(C)c(C)c34)C2)c1. The second kappa shape index (κ2) is 7.26. The summed E-state index contributed by atoms with van der Waals surface area (Å²) in [5.41, 5.74) is 4.79. The molecule has 1 aliphatic rings. The molecule has 1 aliphatic heterocycles. The molecule has 28 heavy (non-hydrogen) atoms. The van der Waals surface area contributed by atoms with Crippen LogP contribution >= 0.6 is 0 Å². The first-order chi connectivity index (χ1) is 13.4. The van der Waals surface area contributed by atoms with Crippen molar-refractivity contribution >= 4 is 28.5 Å². The number of nitrogens with zero attached hydrogens (tertiary/aromatic N) is 3. The summed E-state index contributed by atoms with van der Waals surface area (Å²) in [4.78, 5) is 23.9. The van der Waals surface area contributed by atoms with Gasteiger partial charge in [-0.15, -0.1) is 0 Å². The Labute approximate surface area is 165 Å². The molecular weight excluding hydrogens is 352 g/mol. The van der Waals surface area contributed by atoms with Crippen LogP contribution in [0.1, 0.15) is 35.3 Å². The van der Waals surface area contributed by atoms with Crippen LogP contribution in [0.2, 0.25) is 0 Å². The number of fused-ring (bicyclic) bond motifs is 1. The third-order valence-corrected chi connectivity index (χ3v) is 5.69. The van der Waals surface area contributed by atoms with E-state index in [1.54, 1.807) is 6.33 Å². The largest absolute Gasteiger partial charge is 0.443 e. The first-order valence-electron chi connectivity index (χ1n) is 9.78. The summed E-state index contributed by atoms with van der Waals surface area (Å²) in [6.45, 7) is 9.55. The summed E-state index contributed by atoms with van der Waals surface area (Å²) in [5.74, 6) is 1.72. The van der Waals surface area contributed by atoms with Gasteiger partial charge >= 0.3 is 0 Å². The van der Waals surface area contributed by atoms with E-state index in [2.05, 4.69) is 26.3 Å². The summed E-state index contributed by atoms with van der Waals surface area (Å²) < 4.78 is 5.75. The Hall–Kier alpha value is -2.89. The lowest BCUT2D eigenvalue weighted by Crippen LogP contribution is -2.41. The minimum absolute atomic E-state index is 0.0730. The van der Waals surface area contributed by atoms with Gasteiger partial charge in [-0.25, -0.2) is 9.97 Å². The zero-order valence-corrected chi connectivity index (χ0v) is 16.9. The van der Waals surface area contributed by atoms with Gasteiger partial charge in [-0.05, 0) is 57.7 Å². The molecule has 0 bridgehead atoms. The molecule has 1 atom stereocenters. The Kier molecular flexibility index (Phi) is 4.79. The molecule has 0 spiro atoms. The van der Waals surface area contributed by atoms with Crippen LogP contribution < -0.4 is 10.2 Å². The quantitative estimate of drug-likeness (QED) is 0.735. The molecule has 4 rings (SSSR count). The number of aromatic nitrogens is 2. The highest BCUT2D eigenvalue weighted by molar-refractivity contribution is 5.94. The standard InChI is InChI=1S/C22H26N4O2/c1-13-7-8-14(2)18(10-13)25-21(27)17-6-5-9-26(11-17)20-19-15(3)16(4)28-22(19)24-12-23-20/h7-8,10,12,17H,5-6,9,11H2,1-4H3,(H,25,27). The molecule has 1 unspecified atom stereocenters. The molecule has 1 saturated heterocycles. The van der Waals surface area contributed by atoms with E-state index in [4.69, 9.17) is 4.42 Å². The summed E-state index contributed by atoms with van der Waals surface area (Å²) in [5, 5.41) is 4.08. The van der Waals surface area contributed by atoms with Gasteiger partial charge in [0.25, 0.3) is 0 Å². The molecule has 0 radical (unpaired) electrons. The van der Waals surface area contributed by atoms with E-state index in [-0.39, 0.29) is 11.8 Å². The van der Waals surface area contributed by atoms with Crippen molar-refractivity contribution in [3.8, 4) is 0 Å². The van der Waals surface area contributed by atoms with Gasteiger partial charge in [0.05, 0.1) is 11.3 Å². The minimum Gasteiger partial charge on any atom is -0.443 e. The van der Waals surface area contributed by atoms with E-state index in [1.807, 2.05) is 39.8 Å². The maximum absolute atomic E-state index is 13.0. The molecule has 3 aromatic rings. The maximum Gasteiger partial charge on any atom is 0.231 e. The number of furan rings is 1. The lowest BCUT2D eigenvalue weighted by molar-refractivity contribution is -0.120. The maximum atomic E-state index is 13.0. The molecule has 0 saturated carbocycles. The second-order valence-electron chi connectivity index (χ2n) is 7.75. The molecular formula is C22H26N4O2. The highest BCUT2D eigenvalue weighted by Crippen LogP contribution is 2.33. The highest BCUT2D eigenvalue weighted by Gasteiger charge is 2.29. The van der Waals surface area contributed by atoms with Crippen LogP contribution in [-0.2, 0) is 4.79 Å². The van der Waals surface area contributed by atoms with Crippen molar-refractivity contribution in [1.29, 1.82) is 0 Å². The molecule has 0 aliphatic carbocycles. The summed E-state index contributed by atoms with van der Waals surface area (Å²) >= 11 is 0. The van der Waals surface area contributed by atoms with Crippen molar-refractivity contribution in [2.45, 2.75) is 40.5 Å². The molecule has 1 fully saturated rings. The van der Waals surface area contributed by atoms with Crippen molar-refractivity contribution in [2.75, 3.05) is 23.3 Å². The van der Waals surface area contributed by atoms with Crippen LogP contribution in [0.3, 0.4) is 0 Å². The number of piperidine rings is 1. The average Bonchev–Trinajstić information content (AvgIpc) is 2.99. The van der Waals surface area contributed by atoms with E-state index in [0.29, 0.717) is 12.3 Å². The Morgan fingerprint density at radius 1 is 1.21 bits per heavy atom. The molecule has 6 heteroatoms. The van der Waals surface area contributed by atoms with Gasteiger partial charge in [0.2, 0.25) is 11.6 Å². The first kappa shape index (κ1) is 18.5. The van der Waals surface area contributed by atoms with Crippen LogP contribution in [0, 0.1) is 33.6 Å². The number of anilines is 2. The number of aryl methyl sites for hydroxylation is 4. The van der Waals surface area contributed by atoms with Crippen LogP contribution in [0.15, 0.2) is 28.9 Å². The van der Waals surface area contributed by atoms with Crippen molar-refractivity contribution in [2.24, 2.45) is 5.92 Å². The van der Waals surface area contributed by atoms with E-state index in [0.717, 1.165) is 58.7 Å². The Bertz CT molecular complexity index is 1040. The normalized spacial score (nSPS) is 17.1. The summed E-state index contributed by atoms with van der Waals surface area (Å²) in [7, 11) is 0. The number of hydrogen-bond acceptors (Lipinski definition) is 5. The molecule has 2 aromatic heterocycles. The van der Waals surface area contributed by atoms with E-state index in [1.165, 1.54) is 0 Å². The smallest absolute Gasteiger partial charge is 0.231 e. The van der Waals surface area contributed by atoms with Crippen molar-refractivity contribution in [1.82, 2.24) is 9.97 Å². The fourth-order valence-electron chi connectivity index (χ4n) is 3.89. The van der Waals surface area contributed by atoms with Crippen LogP contribution in [-0.4, -0.2) is 29.0 Å². The number of benzene rings is 1. The van der Waals surface area contributed by atoms with Crippen molar-refractivity contribution < 1.29 is 9.21 Å². The monoisotopic (exact) mass is 378 g/mol. The van der Waals surface area contributed by atoms with E-state index in [9.17, 15) is 4.79 Å². The predicted octanol–water partition coefficient (Wildman–Crippen LogP) is 4.31. The van der Waals surface area contributed by atoms with Crippen molar-refractivity contribution in [3.05, 3.63) is 47.0 Å². The van der Waals surface area contributed by atoms with E-state index >= 15 is 0 Å². The molecule has 3 heterocycles. The zero-order chi connectivity index (χ0) is 19.8. The summed E-state index contributed by atoms with van der Waals surface area (Å²) in [6.07, 6.45) is 3.37. The average molecular weight is 378 g/mol. The number of carbonyl (C=O) groups excluding carboxylic acids is 1. The lowest BCUT2D eigenvalue weighted by Gasteiger charge is -2.33. The number of nitrogens with one attached hydrogen (secondary N) is 1. The third-order valence-electron chi connectivity index (χ3n) is 5.69. The third kappa shape index (κ3) is 3.35. The number of amides is 1. The molecule has 1 N–H and O–H groups in total. The van der Waals surface area contributed by atoms with E-state index < -0.39 is 0 Å². The van der Waals surface area contributed by atoms with Crippen LogP contribution in [0.4, 0.5) is 11.5 Å². The molecule has 1 aromatic carbocycles. The van der Waals surface area contributed by atoms with Gasteiger partial charge in [0, 0.05) is 24.3 Å².